The molecule has 0 atom stereocenters. The predicted octanol–water partition coefficient (Wildman–Crippen LogP) is 3.65. The van der Waals surface area contributed by atoms with Crippen molar-refractivity contribution < 1.29 is 14.3 Å². The van der Waals surface area contributed by atoms with Crippen LogP contribution in [0.1, 0.15) is 45.4 Å². The lowest BCUT2D eigenvalue weighted by molar-refractivity contribution is -0.134. The van der Waals surface area contributed by atoms with Gasteiger partial charge in [-0.05, 0) is 56.6 Å². The largest absolute Gasteiger partial charge is 0.494 e. The number of carbonyl (C=O) groups is 1. The van der Waals surface area contributed by atoms with Crippen LogP contribution in [-0.4, -0.2) is 37.1 Å². The van der Waals surface area contributed by atoms with Gasteiger partial charge in [0.1, 0.15) is 11.5 Å². The number of hydrogen-bond acceptors (Lipinski definition) is 4. The molecule has 0 spiro atoms. The van der Waals surface area contributed by atoms with E-state index < -0.39 is 0 Å². The first kappa shape index (κ1) is 16.8. The molecular weight excluding hydrogens is 278 g/mol. The molecule has 0 bridgehead atoms. The van der Waals surface area contributed by atoms with Gasteiger partial charge >= 0.3 is 5.97 Å². The molecule has 1 aliphatic heterocycles. The molecule has 1 aromatic rings. The zero-order valence-corrected chi connectivity index (χ0v) is 13.6. The third-order valence-electron chi connectivity index (χ3n) is 3.90. The van der Waals surface area contributed by atoms with Crippen molar-refractivity contribution in [1.29, 1.82) is 0 Å². The minimum Gasteiger partial charge on any atom is -0.494 e. The summed E-state index contributed by atoms with van der Waals surface area (Å²) in [6, 6.07) is 7.28. The lowest BCUT2D eigenvalue weighted by Crippen LogP contribution is -2.32. The van der Waals surface area contributed by atoms with Crippen LogP contribution in [0.3, 0.4) is 0 Å². The first-order valence-electron chi connectivity index (χ1n) is 8.44. The summed E-state index contributed by atoms with van der Waals surface area (Å²) in [7, 11) is 0. The van der Waals surface area contributed by atoms with Crippen LogP contribution in [0.15, 0.2) is 24.3 Å². The van der Waals surface area contributed by atoms with E-state index in [0.717, 1.165) is 44.8 Å². The molecule has 1 aliphatic rings. The maximum absolute atomic E-state index is 11.9. The molecule has 1 aromatic carbocycles. The summed E-state index contributed by atoms with van der Waals surface area (Å²) in [5.41, 5.74) is 0. The number of piperidine rings is 1. The van der Waals surface area contributed by atoms with Crippen molar-refractivity contribution in [3.05, 3.63) is 24.3 Å². The molecular formula is C18H27NO3. The zero-order chi connectivity index (χ0) is 15.6. The summed E-state index contributed by atoms with van der Waals surface area (Å²) in [5, 5.41) is 0. The van der Waals surface area contributed by atoms with Crippen LogP contribution in [0.5, 0.6) is 11.5 Å². The first-order chi connectivity index (χ1) is 10.8. The number of nitrogens with zero attached hydrogens (tertiary/aromatic N) is 1. The van der Waals surface area contributed by atoms with E-state index >= 15 is 0 Å². The van der Waals surface area contributed by atoms with Crippen LogP contribution in [0.2, 0.25) is 0 Å². The molecule has 4 heteroatoms. The van der Waals surface area contributed by atoms with E-state index in [1.54, 1.807) is 12.1 Å². The van der Waals surface area contributed by atoms with Gasteiger partial charge < -0.3 is 14.4 Å². The van der Waals surface area contributed by atoms with Gasteiger partial charge in [0.15, 0.2) is 0 Å². The summed E-state index contributed by atoms with van der Waals surface area (Å²) < 4.78 is 11.0. The van der Waals surface area contributed by atoms with Crippen LogP contribution in [0, 0.1) is 0 Å². The van der Waals surface area contributed by atoms with Crippen LogP contribution in [-0.2, 0) is 4.79 Å². The van der Waals surface area contributed by atoms with E-state index in [2.05, 4.69) is 11.8 Å². The van der Waals surface area contributed by atoms with Gasteiger partial charge in [0.2, 0.25) is 0 Å². The number of esters is 1. The van der Waals surface area contributed by atoms with Crippen molar-refractivity contribution in [1.82, 2.24) is 4.90 Å². The Morgan fingerprint density at radius 3 is 2.45 bits per heavy atom. The van der Waals surface area contributed by atoms with Gasteiger partial charge in [-0.2, -0.15) is 0 Å². The molecule has 0 N–H and O–H groups in total. The number of rotatable bonds is 8. The highest BCUT2D eigenvalue weighted by Gasteiger charge is 2.12. The van der Waals surface area contributed by atoms with Gasteiger partial charge in [0, 0.05) is 6.54 Å². The van der Waals surface area contributed by atoms with Crippen LogP contribution in [0.4, 0.5) is 0 Å². The molecule has 0 aliphatic carbocycles. The number of likely N-dealkylation sites (tertiary alicyclic amines) is 1. The van der Waals surface area contributed by atoms with Crippen molar-refractivity contribution in [2.75, 3.05) is 26.2 Å². The van der Waals surface area contributed by atoms with Gasteiger partial charge in [-0.3, -0.25) is 4.79 Å². The predicted molar refractivity (Wildman–Crippen MR) is 87.4 cm³/mol. The first-order valence-corrected chi connectivity index (χ1v) is 8.44. The number of benzene rings is 1. The fourth-order valence-electron chi connectivity index (χ4n) is 2.55. The Labute approximate surface area is 133 Å². The zero-order valence-electron chi connectivity index (χ0n) is 13.6. The number of ether oxygens (including phenoxy) is 2. The molecule has 0 amide bonds. The summed E-state index contributed by atoms with van der Waals surface area (Å²) in [6.07, 6.45) is 6.42. The van der Waals surface area contributed by atoms with E-state index in [1.165, 1.54) is 19.3 Å². The van der Waals surface area contributed by atoms with Crippen molar-refractivity contribution in [3.63, 3.8) is 0 Å². The lowest BCUT2D eigenvalue weighted by Gasteiger charge is -2.25. The Balaban J connectivity index is 1.69. The smallest absolute Gasteiger partial charge is 0.312 e. The molecule has 1 heterocycles. The van der Waals surface area contributed by atoms with Gasteiger partial charge in [-0.25, -0.2) is 0 Å². The standard InChI is InChI=1S/C18H27NO3/c1-2-3-15-21-16-7-9-17(10-8-16)22-18(20)11-14-19-12-5-4-6-13-19/h7-10H,2-6,11-15H2,1H3. The summed E-state index contributed by atoms with van der Waals surface area (Å²) in [6.45, 7) is 5.88. The van der Waals surface area contributed by atoms with Crippen molar-refractivity contribution in [2.45, 2.75) is 45.4 Å². The van der Waals surface area contributed by atoms with Gasteiger partial charge in [-0.15, -0.1) is 0 Å². The second kappa shape index (κ2) is 9.46. The SMILES string of the molecule is CCCCOc1ccc(OC(=O)CCN2CCCCC2)cc1. The molecule has 22 heavy (non-hydrogen) atoms. The Morgan fingerprint density at radius 1 is 1.09 bits per heavy atom. The minimum absolute atomic E-state index is 0.162. The molecule has 1 fully saturated rings. The van der Waals surface area contributed by atoms with E-state index in [0.29, 0.717) is 12.2 Å². The van der Waals surface area contributed by atoms with Crippen molar-refractivity contribution >= 4 is 5.97 Å². The van der Waals surface area contributed by atoms with Crippen molar-refractivity contribution in [3.8, 4) is 11.5 Å². The third-order valence-corrected chi connectivity index (χ3v) is 3.90. The van der Waals surface area contributed by atoms with E-state index in [9.17, 15) is 4.79 Å². The topological polar surface area (TPSA) is 38.8 Å². The average molecular weight is 305 g/mol. The van der Waals surface area contributed by atoms with Crippen LogP contribution >= 0.6 is 0 Å². The monoisotopic (exact) mass is 305 g/mol. The molecule has 2 rings (SSSR count). The second-order valence-electron chi connectivity index (χ2n) is 5.80. The maximum atomic E-state index is 11.9. The Bertz CT molecular complexity index is 438. The highest BCUT2D eigenvalue weighted by atomic mass is 16.5. The fraction of sp³-hybridized carbons (Fsp3) is 0.611. The number of unbranched alkanes of at least 4 members (excludes halogenated alkanes) is 1. The minimum atomic E-state index is -0.162. The Morgan fingerprint density at radius 2 is 1.77 bits per heavy atom. The Hall–Kier alpha value is -1.55. The highest BCUT2D eigenvalue weighted by molar-refractivity contribution is 5.72. The average Bonchev–Trinajstić information content (AvgIpc) is 2.56. The summed E-state index contributed by atoms with van der Waals surface area (Å²) in [5.74, 6) is 1.25. The third kappa shape index (κ3) is 6.06. The van der Waals surface area contributed by atoms with E-state index in [1.807, 2.05) is 12.1 Å². The molecule has 0 aromatic heterocycles. The highest BCUT2D eigenvalue weighted by Crippen LogP contribution is 2.18. The van der Waals surface area contributed by atoms with Crippen LogP contribution < -0.4 is 9.47 Å². The summed E-state index contributed by atoms with van der Waals surface area (Å²) >= 11 is 0. The second-order valence-corrected chi connectivity index (χ2v) is 5.80. The quantitative estimate of drug-likeness (QED) is 0.417. The maximum Gasteiger partial charge on any atom is 0.312 e. The van der Waals surface area contributed by atoms with Crippen LogP contribution in [0.25, 0.3) is 0 Å². The van der Waals surface area contributed by atoms with E-state index in [4.69, 9.17) is 9.47 Å². The molecule has 0 saturated carbocycles. The van der Waals surface area contributed by atoms with Gasteiger partial charge in [0.25, 0.3) is 0 Å². The van der Waals surface area contributed by atoms with Crippen molar-refractivity contribution in [2.24, 2.45) is 0 Å². The van der Waals surface area contributed by atoms with E-state index in [-0.39, 0.29) is 5.97 Å². The molecule has 0 unspecified atom stereocenters. The Kier molecular flexibility index (Phi) is 7.23. The molecule has 1 saturated heterocycles. The van der Waals surface area contributed by atoms with Gasteiger partial charge in [-0.1, -0.05) is 19.8 Å². The molecule has 4 nitrogen and oxygen atoms in total. The fourth-order valence-corrected chi connectivity index (χ4v) is 2.55. The number of hydrogen-bond donors (Lipinski definition) is 0. The molecule has 0 radical (unpaired) electrons. The normalized spacial score (nSPS) is 15.5. The number of carbonyl (C=O) groups excluding carboxylic acids is 1. The summed E-state index contributed by atoms with van der Waals surface area (Å²) in [4.78, 5) is 14.2. The lowest BCUT2D eigenvalue weighted by atomic mass is 10.1. The van der Waals surface area contributed by atoms with Gasteiger partial charge in [0.05, 0.1) is 13.0 Å². The molecule has 122 valence electrons.